The van der Waals surface area contributed by atoms with Gasteiger partial charge >= 0.3 is 5.97 Å². The summed E-state index contributed by atoms with van der Waals surface area (Å²) in [5.74, 6) is -0.962. The van der Waals surface area contributed by atoms with Gasteiger partial charge in [-0.15, -0.1) is 0 Å². The van der Waals surface area contributed by atoms with Gasteiger partial charge in [0.25, 0.3) is 0 Å². The maximum atomic E-state index is 13.1. The van der Waals surface area contributed by atoms with Crippen LogP contribution in [-0.2, 0) is 26.9 Å². The molecule has 4 aromatic rings. The number of Topliss-reactive ketones (excluding diaryl/α,β-unsaturated/α-hetero) is 1. The van der Waals surface area contributed by atoms with Gasteiger partial charge in [-0.1, -0.05) is 37.3 Å². The number of pyridine rings is 1. The molecule has 1 amide bonds. The number of hydrogen-bond donors (Lipinski definition) is 1. The molecule has 0 fully saturated rings. The lowest BCUT2D eigenvalue weighted by Gasteiger charge is -2.12. The van der Waals surface area contributed by atoms with Crippen LogP contribution in [0.15, 0.2) is 78.0 Å². The number of ketones is 1. The number of rotatable bonds is 8. The average molecular weight is 490 g/mol. The van der Waals surface area contributed by atoms with Gasteiger partial charge in [0.2, 0.25) is 5.91 Å². The molecule has 0 radical (unpaired) electrons. The molecule has 1 N–H and O–H groups in total. The van der Waals surface area contributed by atoms with Crippen LogP contribution in [0.2, 0.25) is 0 Å². The van der Waals surface area contributed by atoms with E-state index in [1.54, 1.807) is 67.7 Å². The van der Waals surface area contributed by atoms with Gasteiger partial charge in [-0.2, -0.15) is 0 Å². The van der Waals surface area contributed by atoms with Crippen molar-refractivity contribution < 1.29 is 23.3 Å². The Bertz CT molecular complexity index is 1430. The van der Waals surface area contributed by atoms with E-state index in [2.05, 4.69) is 15.0 Å². The molecule has 0 saturated carbocycles. The molecule has 1 unspecified atom stereocenters. The summed E-state index contributed by atoms with van der Waals surface area (Å²) in [6, 6.07) is 17.2. The number of carbonyl (C=O) groups is 3. The second-order valence-corrected chi connectivity index (χ2v) is 9.04. The number of anilines is 1. The average Bonchev–Trinajstić information content (AvgIpc) is 3.32. The van der Waals surface area contributed by atoms with Crippen LogP contribution in [-0.4, -0.2) is 37.9 Å². The van der Waals surface area contributed by atoms with Crippen LogP contribution in [0.3, 0.4) is 0 Å². The van der Waals surface area contributed by atoms with Crippen molar-refractivity contribution in [1.82, 2.24) is 8.96 Å². The van der Waals surface area contributed by atoms with E-state index in [1.165, 1.54) is 17.3 Å². The Kier molecular flexibility index (Phi) is 7.17. The fraction of sp³-hybridized carbons (Fsp3) is 0.154. The van der Waals surface area contributed by atoms with E-state index in [0.29, 0.717) is 38.3 Å². The Morgan fingerprint density at radius 1 is 1.03 bits per heavy atom. The van der Waals surface area contributed by atoms with Gasteiger partial charge in [-0.25, -0.2) is 18.0 Å². The zero-order valence-electron chi connectivity index (χ0n) is 19.2. The molecule has 178 valence electrons. The minimum atomic E-state index is -1.54. The summed E-state index contributed by atoms with van der Waals surface area (Å²) in [5.41, 5.74) is 2.09. The second-order valence-electron chi connectivity index (χ2n) is 7.68. The molecule has 2 aromatic heterocycles. The highest BCUT2D eigenvalue weighted by molar-refractivity contribution is 7.83. The lowest BCUT2D eigenvalue weighted by Crippen LogP contribution is -2.17. The largest absolute Gasteiger partial charge is 0.465 e. The molecule has 8 nitrogen and oxygen atoms in total. The predicted molar refractivity (Wildman–Crippen MR) is 133 cm³/mol. The van der Waals surface area contributed by atoms with Gasteiger partial charge in [-0.3, -0.25) is 9.59 Å². The molecule has 1 atom stereocenters. The van der Waals surface area contributed by atoms with Crippen molar-refractivity contribution in [1.29, 1.82) is 0 Å². The highest BCUT2D eigenvalue weighted by Gasteiger charge is 2.21. The lowest BCUT2D eigenvalue weighted by atomic mass is 10.0. The van der Waals surface area contributed by atoms with Crippen LogP contribution in [0.4, 0.5) is 5.69 Å². The fourth-order valence-electron chi connectivity index (χ4n) is 3.68. The van der Waals surface area contributed by atoms with E-state index >= 15 is 0 Å². The first-order chi connectivity index (χ1) is 16.9. The maximum Gasteiger partial charge on any atom is 0.337 e. The highest BCUT2D eigenvalue weighted by atomic mass is 32.2. The summed E-state index contributed by atoms with van der Waals surface area (Å²) < 4.78 is 19.3. The van der Waals surface area contributed by atoms with Gasteiger partial charge < -0.3 is 10.1 Å². The van der Waals surface area contributed by atoms with Crippen molar-refractivity contribution in [3.8, 4) is 0 Å². The fourth-order valence-corrected chi connectivity index (χ4v) is 4.77. The number of nitrogens with one attached hydrogen (secondary N) is 1. The molecule has 0 aliphatic heterocycles. The van der Waals surface area contributed by atoms with Crippen molar-refractivity contribution in [2.45, 2.75) is 24.7 Å². The molecule has 0 bridgehead atoms. The van der Waals surface area contributed by atoms with Gasteiger partial charge in [0.05, 0.1) is 41.4 Å². The summed E-state index contributed by atoms with van der Waals surface area (Å²) in [7, 11) is -0.238. The van der Waals surface area contributed by atoms with Crippen LogP contribution in [0.5, 0.6) is 0 Å². The number of carbonyl (C=O) groups excluding carboxylic acids is 3. The van der Waals surface area contributed by atoms with E-state index in [9.17, 15) is 18.6 Å². The van der Waals surface area contributed by atoms with Crippen molar-refractivity contribution in [3.05, 3.63) is 89.7 Å². The normalized spacial score (nSPS) is 11.7. The summed E-state index contributed by atoms with van der Waals surface area (Å²) in [4.78, 5) is 42.2. The van der Waals surface area contributed by atoms with E-state index < -0.39 is 17.0 Å². The molecule has 4 rings (SSSR count). The third-order valence-corrected chi connectivity index (χ3v) is 6.75. The summed E-state index contributed by atoms with van der Waals surface area (Å²) in [6.07, 6.45) is 3.31. The Morgan fingerprint density at radius 3 is 2.40 bits per heavy atom. The SMILES string of the molecule is CCC(=O)c1c(NC(=O)Cc2ccc(C(=O)OC)cc2)cnc2c1ccn2S(=O)c1ccccc1. The van der Waals surface area contributed by atoms with E-state index in [4.69, 9.17) is 0 Å². The van der Waals surface area contributed by atoms with Crippen LogP contribution < -0.4 is 5.32 Å². The number of ether oxygens (including phenoxy) is 1. The molecular weight excluding hydrogens is 466 g/mol. The standard InChI is InChI=1S/C26H23N3O5S/c1-3-22(30)24-20-13-14-29(35(33)19-7-5-4-6-8-19)25(20)27-16-21(24)28-23(31)15-17-9-11-18(12-10-17)26(32)34-2/h4-14,16H,3,15H2,1-2H3,(H,28,31). The molecule has 0 aliphatic carbocycles. The quantitative estimate of drug-likeness (QED) is 0.294. The van der Waals surface area contributed by atoms with Crippen LogP contribution in [0, 0.1) is 0 Å². The number of esters is 1. The molecule has 0 spiro atoms. The van der Waals surface area contributed by atoms with Crippen molar-refractivity contribution in [3.63, 3.8) is 0 Å². The Labute approximate surface area is 204 Å². The number of methoxy groups -OCH3 is 1. The highest BCUT2D eigenvalue weighted by Crippen LogP contribution is 2.28. The summed E-state index contributed by atoms with van der Waals surface area (Å²) in [6.45, 7) is 1.74. The lowest BCUT2D eigenvalue weighted by molar-refractivity contribution is -0.115. The van der Waals surface area contributed by atoms with Crippen LogP contribution in [0.25, 0.3) is 11.0 Å². The van der Waals surface area contributed by atoms with Gasteiger partial charge in [0.15, 0.2) is 22.4 Å². The number of hydrogen-bond acceptors (Lipinski definition) is 6. The molecule has 35 heavy (non-hydrogen) atoms. The Balaban J connectivity index is 1.62. The zero-order chi connectivity index (χ0) is 24.9. The van der Waals surface area contributed by atoms with Crippen molar-refractivity contribution in [2.75, 3.05) is 12.4 Å². The van der Waals surface area contributed by atoms with Crippen molar-refractivity contribution >= 4 is 45.4 Å². The number of benzene rings is 2. The first-order valence-electron chi connectivity index (χ1n) is 10.9. The maximum absolute atomic E-state index is 13.1. The third kappa shape index (κ3) is 5.04. The van der Waals surface area contributed by atoms with Gasteiger partial charge in [0.1, 0.15) is 0 Å². The molecular formula is C26H23N3O5S. The zero-order valence-corrected chi connectivity index (χ0v) is 20.0. The molecule has 2 heterocycles. The number of nitrogens with zero attached hydrogens (tertiary/aromatic N) is 2. The minimum Gasteiger partial charge on any atom is -0.465 e. The van der Waals surface area contributed by atoms with E-state index in [-0.39, 0.29) is 24.5 Å². The third-order valence-electron chi connectivity index (χ3n) is 5.42. The first kappa shape index (κ1) is 24.0. The van der Waals surface area contributed by atoms with Crippen LogP contribution >= 0.6 is 0 Å². The van der Waals surface area contributed by atoms with E-state index in [1.807, 2.05) is 6.07 Å². The number of fused-ring (bicyclic) bond motifs is 1. The molecule has 2 aromatic carbocycles. The van der Waals surface area contributed by atoms with Gasteiger partial charge in [0, 0.05) is 18.0 Å². The second kappa shape index (κ2) is 10.4. The predicted octanol–water partition coefficient (Wildman–Crippen LogP) is 4.17. The monoisotopic (exact) mass is 489 g/mol. The summed E-state index contributed by atoms with van der Waals surface area (Å²) >= 11 is 0. The molecule has 0 saturated heterocycles. The van der Waals surface area contributed by atoms with Crippen molar-refractivity contribution in [2.24, 2.45) is 0 Å². The molecule has 9 heteroatoms. The Hall–Kier alpha value is -4.11. The molecule has 0 aliphatic rings. The number of aromatic nitrogens is 2. The topological polar surface area (TPSA) is 107 Å². The van der Waals surface area contributed by atoms with Gasteiger partial charge in [-0.05, 0) is 35.9 Å². The smallest absolute Gasteiger partial charge is 0.337 e. The minimum absolute atomic E-state index is 0.0400. The summed E-state index contributed by atoms with van der Waals surface area (Å²) in [5, 5.41) is 3.30. The first-order valence-corrected chi connectivity index (χ1v) is 12.0. The van der Waals surface area contributed by atoms with Crippen LogP contribution in [0.1, 0.15) is 39.6 Å². The van der Waals surface area contributed by atoms with E-state index in [0.717, 1.165) is 0 Å². The number of amides is 1. The Morgan fingerprint density at radius 2 is 1.74 bits per heavy atom.